The van der Waals surface area contributed by atoms with Gasteiger partial charge in [0.25, 0.3) is 0 Å². The first-order valence-electron chi connectivity index (χ1n) is 4.76. The van der Waals surface area contributed by atoms with Gasteiger partial charge in [-0.1, -0.05) is 0 Å². The third-order valence-electron chi connectivity index (χ3n) is 2.03. The molecular weight excluding hydrogens is 210 g/mol. The van der Waals surface area contributed by atoms with Gasteiger partial charge in [-0.15, -0.1) is 0 Å². The molecule has 88 valence electrons. The van der Waals surface area contributed by atoms with E-state index < -0.39 is 5.97 Å². The van der Waals surface area contributed by atoms with Crippen LogP contribution in [0.1, 0.15) is 0 Å². The highest BCUT2D eigenvalue weighted by Crippen LogP contribution is 2.29. The molecule has 0 unspecified atom stereocenters. The number of hydrogen-bond donors (Lipinski definition) is 1. The minimum Gasteiger partial charge on any atom is -0.493 e. The van der Waals surface area contributed by atoms with Crippen molar-refractivity contribution >= 4 is 11.7 Å². The lowest BCUT2D eigenvalue weighted by molar-refractivity contribution is -0.142. The van der Waals surface area contributed by atoms with Gasteiger partial charge in [-0.05, 0) is 12.1 Å². The lowest BCUT2D eigenvalue weighted by atomic mass is 10.3. The van der Waals surface area contributed by atoms with Crippen LogP contribution in [0, 0.1) is 0 Å². The molecule has 5 nitrogen and oxygen atoms in total. The van der Waals surface area contributed by atoms with Crippen LogP contribution in [0.3, 0.4) is 0 Å². The Labute approximate surface area is 94.3 Å². The van der Waals surface area contributed by atoms with E-state index in [1.165, 1.54) is 7.11 Å². The van der Waals surface area contributed by atoms with Gasteiger partial charge in [0, 0.05) is 18.8 Å². The van der Waals surface area contributed by atoms with Crippen molar-refractivity contribution in [3.63, 3.8) is 0 Å². The number of nitrogens with one attached hydrogen (secondary N) is 1. The van der Waals surface area contributed by atoms with Crippen LogP contribution in [-0.2, 0) is 9.53 Å². The molecule has 0 heterocycles. The Hall–Kier alpha value is -1.91. The lowest BCUT2D eigenvalue weighted by Crippen LogP contribution is -2.13. The van der Waals surface area contributed by atoms with Gasteiger partial charge in [-0.3, -0.25) is 0 Å². The normalized spacial score (nSPS) is 9.44. The summed E-state index contributed by atoms with van der Waals surface area (Å²) in [5.41, 5.74) is 0.905. The van der Waals surface area contributed by atoms with Crippen LogP contribution in [0.15, 0.2) is 18.2 Å². The minimum atomic E-state index is -0.431. The van der Waals surface area contributed by atoms with E-state index in [9.17, 15) is 4.79 Å². The maximum Gasteiger partial charge on any atom is 0.343 e. The van der Waals surface area contributed by atoms with Crippen molar-refractivity contribution < 1.29 is 19.0 Å². The summed E-state index contributed by atoms with van der Waals surface area (Å²) in [6.07, 6.45) is 0. The number of benzene rings is 1. The van der Waals surface area contributed by atoms with Crippen molar-refractivity contribution in [1.82, 2.24) is 0 Å². The number of rotatable bonds is 5. The predicted molar refractivity (Wildman–Crippen MR) is 60.1 cm³/mol. The first kappa shape index (κ1) is 12.2. The highest BCUT2D eigenvalue weighted by molar-refractivity contribution is 5.71. The molecule has 0 fully saturated rings. The Morgan fingerprint density at radius 2 is 2.06 bits per heavy atom. The highest BCUT2D eigenvalue weighted by Gasteiger charge is 2.07. The van der Waals surface area contributed by atoms with Crippen LogP contribution in [0.2, 0.25) is 0 Å². The van der Waals surface area contributed by atoms with Crippen molar-refractivity contribution in [2.45, 2.75) is 0 Å². The number of ether oxygens (including phenoxy) is 3. The fourth-order valence-corrected chi connectivity index (χ4v) is 1.14. The minimum absolute atomic E-state index is 0.133. The summed E-state index contributed by atoms with van der Waals surface area (Å²) in [5, 5.41) is 2.98. The Balaban J connectivity index is 2.75. The van der Waals surface area contributed by atoms with Crippen molar-refractivity contribution in [2.24, 2.45) is 0 Å². The second-order valence-corrected chi connectivity index (χ2v) is 2.98. The number of carbonyl (C=O) groups excluding carboxylic acids is 1. The fraction of sp³-hybridized carbons (Fsp3) is 0.364. The number of hydrogen-bond acceptors (Lipinski definition) is 5. The van der Waals surface area contributed by atoms with Gasteiger partial charge in [-0.2, -0.15) is 0 Å². The lowest BCUT2D eigenvalue weighted by Gasteiger charge is -2.11. The van der Waals surface area contributed by atoms with Gasteiger partial charge in [0.15, 0.2) is 18.1 Å². The zero-order valence-electron chi connectivity index (χ0n) is 9.57. The monoisotopic (exact) mass is 225 g/mol. The predicted octanol–water partition coefficient (Wildman–Crippen LogP) is 1.29. The molecule has 1 N–H and O–H groups in total. The van der Waals surface area contributed by atoms with E-state index in [0.717, 1.165) is 5.69 Å². The summed E-state index contributed by atoms with van der Waals surface area (Å²) in [7, 11) is 4.66. The van der Waals surface area contributed by atoms with Crippen molar-refractivity contribution in [3.05, 3.63) is 18.2 Å². The van der Waals surface area contributed by atoms with Crippen molar-refractivity contribution in [3.8, 4) is 11.5 Å². The summed E-state index contributed by atoms with van der Waals surface area (Å²) >= 11 is 0. The Kier molecular flexibility index (Phi) is 4.44. The van der Waals surface area contributed by atoms with E-state index in [2.05, 4.69) is 10.1 Å². The highest BCUT2D eigenvalue weighted by atomic mass is 16.6. The topological polar surface area (TPSA) is 56.8 Å². The maximum absolute atomic E-state index is 10.9. The van der Waals surface area contributed by atoms with Gasteiger partial charge in [0.05, 0.1) is 14.2 Å². The molecule has 0 saturated carbocycles. The van der Waals surface area contributed by atoms with E-state index in [1.807, 2.05) is 13.1 Å². The third kappa shape index (κ3) is 3.05. The summed E-state index contributed by atoms with van der Waals surface area (Å²) in [4.78, 5) is 10.9. The van der Waals surface area contributed by atoms with E-state index >= 15 is 0 Å². The van der Waals surface area contributed by atoms with E-state index in [-0.39, 0.29) is 6.61 Å². The molecule has 1 aromatic carbocycles. The standard InChI is InChI=1S/C11H15NO4/c1-12-8-4-5-9(10(6-8)14-2)16-7-11(13)15-3/h4-6,12H,7H2,1-3H3. The average molecular weight is 225 g/mol. The Morgan fingerprint density at radius 3 is 2.62 bits per heavy atom. The summed E-state index contributed by atoms with van der Waals surface area (Å²) in [6, 6.07) is 5.34. The maximum atomic E-state index is 10.9. The fourth-order valence-electron chi connectivity index (χ4n) is 1.14. The summed E-state index contributed by atoms with van der Waals surface area (Å²) < 4.78 is 14.9. The number of anilines is 1. The van der Waals surface area contributed by atoms with Gasteiger partial charge in [0.1, 0.15) is 0 Å². The zero-order valence-corrected chi connectivity index (χ0v) is 9.57. The second kappa shape index (κ2) is 5.85. The molecule has 0 aliphatic rings. The van der Waals surface area contributed by atoms with Crippen LogP contribution >= 0.6 is 0 Å². The molecule has 0 spiro atoms. The third-order valence-corrected chi connectivity index (χ3v) is 2.03. The van der Waals surface area contributed by atoms with Crippen LogP contribution in [0.5, 0.6) is 11.5 Å². The van der Waals surface area contributed by atoms with E-state index in [0.29, 0.717) is 11.5 Å². The van der Waals surface area contributed by atoms with Crippen LogP contribution in [-0.4, -0.2) is 33.8 Å². The molecule has 0 amide bonds. The van der Waals surface area contributed by atoms with Crippen molar-refractivity contribution in [2.75, 3.05) is 33.2 Å². The molecule has 0 aliphatic carbocycles. The molecule has 0 bridgehead atoms. The molecule has 0 aromatic heterocycles. The van der Waals surface area contributed by atoms with Crippen molar-refractivity contribution in [1.29, 1.82) is 0 Å². The Morgan fingerprint density at radius 1 is 1.31 bits per heavy atom. The van der Waals surface area contributed by atoms with Gasteiger partial charge >= 0.3 is 5.97 Å². The summed E-state index contributed by atoms with van der Waals surface area (Å²) in [5.74, 6) is 0.641. The second-order valence-electron chi connectivity index (χ2n) is 2.98. The van der Waals surface area contributed by atoms with Gasteiger partial charge in [0.2, 0.25) is 0 Å². The molecule has 0 aliphatic heterocycles. The molecule has 0 radical (unpaired) electrons. The number of methoxy groups -OCH3 is 2. The molecular formula is C11H15NO4. The Bertz CT molecular complexity index is 365. The van der Waals surface area contributed by atoms with Crippen LogP contribution in [0.4, 0.5) is 5.69 Å². The molecule has 1 rings (SSSR count). The largest absolute Gasteiger partial charge is 0.493 e. The van der Waals surface area contributed by atoms with Crippen LogP contribution < -0.4 is 14.8 Å². The van der Waals surface area contributed by atoms with E-state index in [4.69, 9.17) is 9.47 Å². The molecule has 16 heavy (non-hydrogen) atoms. The zero-order chi connectivity index (χ0) is 12.0. The first-order chi connectivity index (χ1) is 7.71. The summed E-state index contributed by atoms with van der Waals surface area (Å²) in [6.45, 7) is -0.133. The number of esters is 1. The SMILES string of the molecule is CNc1ccc(OCC(=O)OC)c(OC)c1. The number of carbonyl (C=O) groups is 1. The molecule has 5 heteroatoms. The van der Waals surface area contributed by atoms with Crippen LogP contribution in [0.25, 0.3) is 0 Å². The average Bonchev–Trinajstić information content (AvgIpc) is 2.35. The molecule has 0 atom stereocenters. The van der Waals surface area contributed by atoms with Gasteiger partial charge < -0.3 is 19.5 Å². The molecule has 0 saturated heterocycles. The molecule has 1 aromatic rings. The van der Waals surface area contributed by atoms with E-state index in [1.54, 1.807) is 19.2 Å². The van der Waals surface area contributed by atoms with Gasteiger partial charge in [-0.25, -0.2) is 4.79 Å². The smallest absolute Gasteiger partial charge is 0.343 e. The first-order valence-corrected chi connectivity index (χ1v) is 4.76. The quantitative estimate of drug-likeness (QED) is 0.765.